The van der Waals surface area contributed by atoms with E-state index in [9.17, 15) is 0 Å². The zero-order chi connectivity index (χ0) is 21.2. The van der Waals surface area contributed by atoms with E-state index in [0.717, 1.165) is 52.8 Å². The van der Waals surface area contributed by atoms with E-state index in [1.807, 2.05) is 67.7 Å². The van der Waals surface area contributed by atoms with Gasteiger partial charge in [-0.15, -0.1) is 0 Å². The van der Waals surface area contributed by atoms with Gasteiger partial charge in [0.15, 0.2) is 11.5 Å². The van der Waals surface area contributed by atoms with Crippen LogP contribution >= 0.6 is 0 Å². The Morgan fingerprint density at radius 3 is 2.65 bits per heavy atom. The van der Waals surface area contributed by atoms with Crippen molar-refractivity contribution < 1.29 is 0 Å². The van der Waals surface area contributed by atoms with Gasteiger partial charge in [-0.05, 0) is 31.3 Å². The van der Waals surface area contributed by atoms with E-state index in [1.165, 1.54) is 0 Å². The minimum atomic E-state index is 0.721. The van der Waals surface area contributed by atoms with Gasteiger partial charge in [-0.2, -0.15) is 5.10 Å². The summed E-state index contributed by atoms with van der Waals surface area (Å²) in [6.45, 7) is 0.842. The highest BCUT2D eigenvalue weighted by molar-refractivity contribution is 5.74. The van der Waals surface area contributed by atoms with Gasteiger partial charge in [0, 0.05) is 61.7 Å². The Hall–Kier alpha value is -3.98. The van der Waals surface area contributed by atoms with E-state index in [0.29, 0.717) is 0 Å². The lowest BCUT2D eigenvalue weighted by molar-refractivity contribution is 0.768. The molecule has 0 bridgehead atoms. The first kappa shape index (κ1) is 19.0. The van der Waals surface area contributed by atoms with Crippen molar-refractivity contribution in [2.45, 2.75) is 6.42 Å². The number of nitrogens with zero attached hydrogens (tertiary/aromatic N) is 7. The van der Waals surface area contributed by atoms with E-state index in [4.69, 9.17) is 4.98 Å². The lowest BCUT2D eigenvalue weighted by Crippen LogP contribution is -2.12. The van der Waals surface area contributed by atoms with Crippen molar-refractivity contribution in [3.05, 3.63) is 73.5 Å². The number of aryl methyl sites for hydroxylation is 1. The van der Waals surface area contributed by atoms with Crippen LogP contribution in [0.3, 0.4) is 0 Å². The molecule has 1 aromatic carbocycles. The minimum Gasteiger partial charge on any atom is -0.337 e. The summed E-state index contributed by atoms with van der Waals surface area (Å²) in [5.74, 6) is 0.721. The molecule has 2 N–H and O–H groups in total. The van der Waals surface area contributed by atoms with Crippen LogP contribution in [0.1, 0.15) is 5.69 Å². The third kappa shape index (κ3) is 3.78. The molecule has 0 atom stereocenters. The van der Waals surface area contributed by atoms with E-state index in [1.54, 1.807) is 17.2 Å². The number of rotatable bonds is 7. The number of aromatic nitrogens is 7. The topological polar surface area (TPSA) is 89.9 Å². The Kier molecular flexibility index (Phi) is 4.93. The molecule has 0 unspecified atom stereocenters. The third-order valence-corrected chi connectivity index (χ3v) is 5.11. The summed E-state index contributed by atoms with van der Waals surface area (Å²) < 4.78 is 5.84. The van der Waals surface area contributed by atoms with Crippen LogP contribution < -0.4 is 10.6 Å². The smallest absolute Gasteiger partial charge is 0.180 e. The molecule has 5 rings (SSSR count). The highest BCUT2D eigenvalue weighted by Crippen LogP contribution is 2.26. The quantitative estimate of drug-likeness (QED) is 0.426. The van der Waals surface area contributed by atoms with Crippen LogP contribution in [-0.2, 0) is 13.5 Å². The van der Waals surface area contributed by atoms with Crippen molar-refractivity contribution >= 4 is 17.2 Å². The molecule has 0 aliphatic heterocycles. The summed E-state index contributed by atoms with van der Waals surface area (Å²) in [4.78, 5) is 13.6. The highest BCUT2D eigenvalue weighted by atomic mass is 15.2. The molecule has 156 valence electrons. The summed E-state index contributed by atoms with van der Waals surface area (Å²) in [6, 6.07) is 8.13. The molecule has 9 nitrogen and oxygen atoms in total. The van der Waals surface area contributed by atoms with Gasteiger partial charge in [-0.3, -0.25) is 9.08 Å². The molecule has 0 aliphatic carbocycles. The summed E-state index contributed by atoms with van der Waals surface area (Å²) in [5, 5.41) is 10.9. The highest BCUT2D eigenvalue weighted by Gasteiger charge is 2.14. The molecule has 0 amide bonds. The van der Waals surface area contributed by atoms with E-state index in [2.05, 4.69) is 36.3 Å². The van der Waals surface area contributed by atoms with Gasteiger partial charge >= 0.3 is 0 Å². The zero-order valence-corrected chi connectivity index (χ0v) is 17.4. The van der Waals surface area contributed by atoms with Crippen molar-refractivity contribution in [1.82, 2.24) is 39.0 Å². The first-order chi connectivity index (χ1) is 15.2. The Bertz CT molecular complexity index is 1300. The second-order valence-corrected chi connectivity index (χ2v) is 7.32. The number of nitrogens with one attached hydrogen (secondary N) is 2. The monoisotopic (exact) mass is 413 g/mol. The van der Waals surface area contributed by atoms with Crippen LogP contribution in [0.15, 0.2) is 67.8 Å². The van der Waals surface area contributed by atoms with Crippen molar-refractivity contribution in [2.24, 2.45) is 7.05 Å². The van der Waals surface area contributed by atoms with Gasteiger partial charge in [0.05, 0.1) is 30.1 Å². The van der Waals surface area contributed by atoms with E-state index < -0.39 is 0 Å². The molecule has 0 aliphatic rings. The van der Waals surface area contributed by atoms with Crippen LogP contribution in [0.5, 0.6) is 0 Å². The molecule has 9 heteroatoms. The first-order valence-corrected chi connectivity index (χ1v) is 10.1. The van der Waals surface area contributed by atoms with Crippen molar-refractivity contribution in [3.63, 3.8) is 0 Å². The summed E-state index contributed by atoms with van der Waals surface area (Å²) in [5.41, 5.74) is 5.72. The largest absolute Gasteiger partial charge is 0.337 e. The van der Waals surface area contributed by atoms with Gasteiger partial charge in [0.25, 0.3) is 0 Å². The van der Waals surface area contributed by atoms with Crippen LogP contribution in [0.25, 0.3) is 22.6 Å². The van der Waals surface area contributed by atoms with Gasteiger partial charge in [-0.25, -0.2) is 15.0 Å². The van der Waals surface area contributed by atoms with E-state index in [-0.39, 0.29) is 0 Å². The lowest BCUT2D eigenvalue weighted by atomic mass is 10.2. The zero-order valence-electron chi connectivity index (χ0n) is 17.4. The molecular formula is C22H23N9. The predicted molar refractivity (Wildman–Crippen MR) is 120 cm³/mol. The Labute approximate surface area is 179 Å². The van der Waals surface area contributed by atoms with Gasteiger partial charge < -0.3 is 15.2 Å². The second-order valence-electron chi connectivity index (χ2n) is 7.32. The number of likely N-dealkylation sites (N-methyl/N-ethyl adjacent to an activating group) is 1. The molecule has 0 spiro atoms. The van der Waals surface area contributed by atoms with Crippen molar-refractivity contribution in [3.8, 4) is 16.9 Å². The molecule has 5 aromatic rings. The van der Waals surface area contributed by atoms with Crippen molar-refractivity contribution in [2.75, 3.05) is 18.9 Å². The average molecular weight is 413 g/mol. The normalized spacial score (nSPS) is 11.3. The molecule has 31 heavy (non-hydrogen) atoms. The maximum Gasteiger partial charge on any atom is 0.180 e. The molecule has 0 radical (unpaired) electrons. The maximum atomic E-state index is 4.85. The molecule has 4 heterocycles. The average Bonchev–Trinajstić information content (AvgIpc) is 3.53. The summed E-state index contributed by atoms with van der Waals surface area (Å²) in [6.07, 6.45) is 14.0. The SMILES string of the molecule is CNCCc1cn2c(-c3cnn(C)c3)cnc2c(Nc2ccc(-n3ccnc3)cc2)n1. The molecule has 0 fully saturated rings. The van der Waals surface area contributed by atoms with Crippen molar-refractivity contribution in [1.29, 1.82) is 0 Å². The number of hydrogen-bond acceptors (Lipinski definition) is 6. The Balaban J connectivity index is 1.53. The number of benzene rings is 1. The van der Waals surface area contributed by atoms with Crippen LogP contribution in [0, 0.1) is 0 Å². The second kappa shape index (κ2) is 8.04. The summed E-state index contributed by atoms with van der Waals surface area (Å²) >= 11 is 0. The predicted octanol–water partition coefficient (Wildman–Crippen LogP) is 2.82. The maximum absolute atomic E-state index is 4.85. The number of anilines is 2. The molecular weight excluding hydrogens is 390 g/mol. The lowest BCUT2D eigenvalue weighted by Gasteiger charge is -2.11. The third-order valence-electron chi connectivity index (χ3n) is 5.11. The minimum absolute atomic E-state index is 0.721. The van der Waals surface area contributed by atoms with Crippen LogP contribution in [0.2, 0.25) is 0 Å². The van der Waals surface area contributed by atoms with E-state index >= 15 is 0 Å². The number of imidazole rings is 2. The fraction of sp³-hybridized carbons (Fsp3) is 0.182. The summed E-state index contributed by atoms with van der Waals surface area (Å²) in [7, 11) is 3.85. The fourth-order valence-corrected chi connectivity index (χ4v) is 3.53. The Morgan fingerprint density at radius 2 is 1.94 bits per heavy atom. The first-order valence-electron chi connectivity index (χ1n) is 10.1. The molecule has 0 saturated heterocycles. The Morgan fingerprint density at radius 1 is 1.06 bits per heavy atom. The molecule has 0 saturated carbocycles. The van der Waals surface area contributed by atoms with Crippen LogP contribution in [0.4, 0.5) is 11.5 Å². The fourth-order valence-electron chi connectivity index (χ4n) is 3.53. The number of hydrogen-bond donors (Lipinski definition) is 2. The van der Waals surface area contributed by atoms with Gasteiger partial charge in [0.2, 0.25) is 0 Å². The van der Waals surface area contributed by atoms with Gasteiger partial charge in [0.1, 0.15) is 0 Å². The van der Waals surface area contributed by atoms with Crippen LogP contribution in [-0.4, -0.2) is 47.3 Å². The van der Waals surface area contributed by atoms with Gasteiger partial charge in [-0.1, -0.05) is 0 Å². The molecule has 4 aromatic heterocycles. The number of fused-ring (bicyclic) bond motifs is 1. The standard InChI is InChI=1S/C22H23N9/c1-23-8-7-18-14-31-20(16-11-26-29(2)13-16)12-25-22(31)21(28-18)27-17-3-5-19(6-4-17)30-10-9-24-15-30/h3-6,9-15,23H,7-8H2,1-2H3,(H,27,28).